The molecule has 0 aliphatic heterocycles. The highest BCUT2D eigenvalue weighted by atomic mass is 16.5. The van der Waals surface area contributed by atoms with Crippen LogP contribution < -0.4 is 9.84 Å². The lowest BCUT2D eigenvalue weighted by Gasteiger charge is -2.07. The largest absolute Gasteiger partial charge is 0.545 e. The average Bonchev–Trinajstić information content (AvgIpc) is 2.54. The summed E-state index contributed by atoms with van der Waals surface area (Å²) in [6.45, 7) is 2.14. The summed E-state index contributed by atoms with van der Waals surface area (Å²) in [4.78, 5) is 22.7. The Morgan fingerprint density at radius 3 is 2.09 bits per heavy atom. The molecule has 4 nitrogen and oxygen atoms in total. The highest BCUT2D eigenvalue weighted by molar-refractivity contribution is 5.91. The number of hydrogen-bond acceptors (Lipinski definition) is 4. The Bertz CT molecular complexity index is 642. The molecule has 0 aromatic heterocycles. The van der Waals surface area contributed by atoms with E-state index in [9.17, 15) is 14.7 Å². The molecule has 0 aliphatic rings. The van der Waals surface area contributed by atoms with Crippen LogP contribution in [0.4, 0.5) is 0 Å². The molecule has 0 unspecified atom stereocenters. The van der Waals surface area contributed by atoms with Crippen LogP contribution in [-0.4, -0.2) is 11.9 Å². The first-order chi connectivity index (χ1) is 10.6. The number of rotatable bonds is 6. The molecule has 0 saturated heterocycles. The number of ether oxygens (including phenoxy) is 1. The number of carboxylic acids is 1. The first-order valence-electron chi connectivity index (χ1n) is 7.22. The van der Waals surface area contributed by atoms with Crippen LogP contribution in [0.5, 0.6) is 5.75 Å². The average molecular weight is 297 g/mol. The van der Waals surface area contributed by atoms with Crippen molar-refractivity contribution in [3.63, 3.8) is 0 Å². The molecule has 0 fully saturated rings. The molecular formula is C18H17O4-. The van der Waals surface area contributed by atoms with E-state index in [2.05, 4.69) is 6.92 Å². The van der Waals surface area contributed by atoms with Crippen LogP contribution in [0.2, 0.25) is 0 Å². The molecule has 2 aromatic carbocycles. The molecule has 0 aliphatic carbocycles. The third kappa shape index (κ3) is 4.19. The summed E-state index contributed by atoms with van der Waals surface area (Å²) in [5, 5.41) is 10.6. The summed E-state index contributed by atoms with van der Waals surface area (Å²) < 4.78 is 5.20. The van der Waals surface area contributed by atoms with Crippen molar-refractivity contribution in [3.05, 3.63) is 65.2 Å². The van der Waals surface area contributed by atoms with Gasteiger partial charge >= 0.3 is 5.97 Å². The number of esters is 1. The zero-order valence-corrected chi connectivity index (χ0v) is 12.4. The van der Waals surface area contributed by atoms with Crippen molar-refractivity contribution in [1.29, 1.82) is 0 Å². The van der Waals surface area contributed by atoms with Gasteiger partial charge in [0.1, 0.15) is 5.75 Å². The summed E-state index contributed by atoms with van der Waals surface area (Å²) in [7, 11) is 0. The predicted molar refractivity (Wildman–Crippen MR) is 80.8 cm³/mol. The minimum absolute atomic E-state index is 0.0417. The standard InChI is InChI=1S/C18H18O4/c1-2-3-4-13-5-7-15(8-6-13)18(21)22-16-11-9-14(10-12-16)17(19)20/h5-12H,2-4H2,1H3,(H,19,20)/p-1. The second kappa shape index (κ2) is 7.41. The van der Waals surface area contributed by atoms with Crippen LogP contribution in [0.1, 0.15) is 46.0 Å². The topological polar surface area (TPSA) is 66.4 Å². The minimum atomic E-state index is -1.26. The van der Waals surface area contributed by atoms with Crippen LogP contribution in [-0.2, 0) is 6.42 Å². The maximum absolute atomic E-state index is 12.0. The maximum atomic E-state index is 12.0. The Morgan fingerprint density at radius 1 is 0.955 bits per heavy atom. The molecule has 0 spiro atoms. The van der Waals surface area contributed by atoms with Gasteiger partial charge in [0, 0.05) is 0 Å². The van der Waals surface area contributed by atoms with Crippen molar-refractivity contribution < 1.29 is 19.4 Å². The van der Waals surface area contributed by atoms with Gasteiger partial charge in [-0.3, -0.25) is 0 Å². The molecule has 2 rings (SSSR count). The van der Waals surface area contributed by atoms with E-state index in [0.29, 0.717) is 11.3 Å². The van der Waals surface area contributed by atoms with Crippen molar-refractivity contribution in [2.24, 2.45) is 0 Å². The van der Waals surface area contributed by atoms with E-state index in [0.717, 1.165) is 19.3 Å². The van der Waals surface area contributed by atoms with Crippen molar-refractivity contribution >= 4 is 11.9 Å². The number of aromatic carboxylic acids is 1. The molecule has 2 aromatic rings. The second-order valence-corrected chi connectivity index (χ2v) is 5.00. The molecule has 0 radical (unpaired) electrons. The van der Waals surface area contributed by atoms with E-state index < -0.39 is 11.9 Å². The van der Waals surface area contributed by atoms with E-state index in [1.165, 1.54) is 29.8 Å². The molecule has 0 heterocycles. The molecule has 0 N–H and O–H groups in total. The molecular weight excluding hydrogens is 280 g/mol. The molecule has 0 amide bonds. The van der Waals surface area contributed by atoms with Gasteiger partial charge in [-0.15, -0.1) is 0 Å². The van der Waals surface area contributed by atoms with E-state index in [1.807, 2.05) is 12.1 Å². The van der Waals surface area contributed by atoms with Crippen LogP contribution in [0, 0.1) is 0 Å². The van der Waals surface area contributed by atoms with Crippen LogP contribution in [0.15, 0.2) is 48.5 Å². The van der Waals surface area contributed by atoms with Crippen LogP contribution >= 0.6 is 0 Å². The first-order valence-corrected chi connectivity index (χ1v) is 7.22. The summed E-state index contributed by atoms with van der Waals surface area (Å²) in [5.41, 5.74) is 1.70. The number of carbonyl (C=O) groups is 2. The zero-order valence-electron chi connectivity index (χ0n) is 12.4. The van der Waals surface area contributed by atoms with Gasteiger partial charge in [-0.1, -0.05) is 25.5 Å². The van der Waals surface area contributed by atoms with E-state index in [4.69, 9.17) is 4.74 Å². The summed E-state index contributed by atoms with van der Waals surface area (Å²) in [6.07, 6.45) is 3.25. The predicted octanol–water partition coefficient (Wildman–Crippen LogP) is 2.61. The lowest BCUT2D eigenvalue weighted by molar-refractivity contribution is -0.255. The number of unbranched alkanes of at least 4 members (excludes halogenated alkanes) is 1. The fourth-order valence-corrected chi connectivity index (χ4v) is 2.01. The maximum Gasteiger partial charge on any atom is 0.343 e. The fourth-order valence-electron chi connectivity index (χ4n) is 2.01. The monoisotopic (exact) mass is 297 g/mol. The van der Waals surface area contributed by atoms with Gasteiger partial charge < -0.3 is 14.6 Å². The lowest BCUT2D eigenvalue weighted by atomic mass is 10.1. The van der Waals surface area contributed by atoms with Gasteiger partial charge in [-0.2, -0.15) is 0 Å². The Hall–Kier alpha value is -2.62. The molecule has 0 bridgehead atoms. The first kappa shape index (κ1) is 15.8. The molecule has 0 saturated carbocycles. The number of carboxylic acid groups (broad SMARTS) is 1. The number of benzene rings is 2. The van der Waals surface area contributed by atoms with Gasteiger partial charge in [0.05, 0.1) is 11.5 Å². The van der Waals surface area contributed by atoms with Crippen molar-refractivity contribution in [2.75, 3.05) is 0 Å². The zero-order chi connectivity index (χ0) is 15.9. The third-order valence-corrected chi connectivity index (χ3v) is 3.31. The molecule has 22 heavy (non-hydrogen) atoms. The second-order valence-electron chi connectivity index (χ2n) is 5.00. The SMILES string of the molecule is CCCCc1ccc(C(=O)Oc2ccc(C(=O)[O-])cc2)cc1. The Balaban J connectivity index is 2.00. The summed E-state index contributed by atoms with van der Waals surface area (Å²) >= 11 is 0. The summed E-state index contributed by atoms with van der Waals surface area (Å²) in [5.74, 6) is -1.44. The van der Waals surface area contributed by atoms with E-state index >= 15 is 0 Å². The van der Waals surface area contributed by atoms with Crippen molar-refractivity contribution in [1.82, 2.24) is 0 Å². The van der Waals surface area contributed by atoms with Gasteiger partial charge in [-0.05, 0) is 60.4 Å². The Kier molecular flexibility index (Phi) is 5.31. The molecule has 4 heteroatoms. The number of aryl methyl sites for hydroxylation is 1. The van der Waals surface area contributed by atoms with Gasteiger partial charge in [0.2, 0.25) is 0 Å². The number of hydrogen-bond donors (Lipinski definition) is 0. The molecule has 0 atom stereocenters. The van der Waals surface area contributed by atoms with Gasteiger partial charge in [0.15, 0.2) is 0 Å². The highest BCUT2D eigenvalue weighted by Crippen LogP contribution is 2.15. The fraction of sp³-hybridized carbons (Fsp3) is 0.222. The molecule has 114 valence electrons. The van der Waals surface area contributed by atoms with Gasteiger partial charge in [-0.25, -0.2) is 4.79 Å². The summed E-state index contributed by atoms with van der Waals surface area (Å²) in [6, 6.07) is 12.9. The normalized spacial score (nSPS) is 10.2. The van der Waals surface area contributed by atoms with Crippen LogP contribution in [0.3, 0.4) is 0 Å². The smallest absolute Gasteiger partial charge is 0.343 e. The van der Waals surface area contributed by atoms with Crippen molar-refractivity contribution in [2.45, 2.75) is 26.2 Å². The Morgan fingerprint density at radius 2 is 1.55 bits per heavy atom. The highest BCUT2D eigenvalue weighted by Gasteiger charge is 2.08. The Labute approximate surface area is 129 Å². The van der Waals surface area contributed by atoms with Crippen molar-refractivity contribution in [3.8, 4) is 5.75 Å². The minimum Gasteiger partial charge on any atom is -0.545 e. The van der Waals surface area contributed by atoms with Gasteiger partial charge in [0.25, 0.3) is 0 Å². The number of carbonyl (C=O) groups excluding carboxylic acids is 2. The van der Waals surface area contributed by atoms with E-state index in [-0.39, 0.29) is 5.56 Å². The quantitative estimate of drug-likeness (QED) is 0.607. The third-order valence-electron chi connectivity index (χ3n) is 3.31. The lowest BCUT2D eigenvalue weighted by Crippen LogP contribution is -2.22. The van der Waals surface area contributed by atoms with Crippen LogP contribution in [0.25, 0.3) is 0 Å². The van der Waals surface area contributed by atoms with E-state index in [1.54, 1.807) is 12.1 Å².